The monoisotopic (exact) mass is 447 g/mol. The smallest absolute Gasteiger partial charge is 0.251 e. The fraction of sp³-hybridized carbons (Fsp3) is 0.269. The molecule has 2 aromatic carbocycles. The summed E-state index contributed by atoms with van der Waals surface area (Å²) in [4.78, 5) is 24.1. The number of hydrogen-bond acceptors (Lipinski definition) is 5. The largest absolute Gasteiger partial charge is 0.411 e. The number of oxime groups is 1. The van der Waals surface area contributed by atoms with E-state index in [1.807, 2.05) is 43.3 Å². The zero-order valence-corrected chi connectivity index (χ0v) is 19.0. The van der Waals surface area contributed by atoms with E-state index >= 15 is 0 Å². The van der Waals surface area contributed by atoms with E-state index in [0.29, 0.717) is 23.3 Å². The van der Waals surface area contributed by atoms with Gasteiger partial charge in [-0.1, -0.05) is 41.6 Å². The molecule has 1 aromatic heterocycles. The van der Waals surface area contributed by atoms with Crippen LogP contribution in [0.3, 0.4) is 0 Å². The maximum atomic E-state index is 12.3. The zero-order valence-electron chi connectivity index (χ0n) is 19.0. The van der Waals surface area contributed by atoms with Crippen molar-refractivity contribution < 1.29 is 15.1 Å². The number of pyridine rings is 1. The zero-order chi connectivity index (χ0) is 24.0. The van der Waals surface area contributed by atoms with Crippen LogP contribution in [0.1, 0.15) is 51.9 Å². The number of aromatic nitrogens is 1. The van der Waals surface area contributed by atoms with Crippen LogP contribution in [0.25, 0.3) is 0 Å². The van der Waals surface area contributed by atoms with E-state index in [1.54, 1.807) is 38.4 Å². The Labute approximate surface area is 193 Å². The van der Waals surface area contributed by atoms with Gasteiger partial charge >= 0.3 is 0 Å². The Bertz CT molecular complexity index is 1200. The molecule has 1 heterocycles. The fourth-order valence-electron chi connectivity index (χ4n) is 3.77. The number of nitrogens with zero attached hydrogens (tertiary/aromatic N) is 2. The standard InChI is InChI=1S/C26H29N3O4/c1-17-6-4-5-7-22(17)23(14-24(28-33)21-12-13-25(31)29(3)16-21)19-8-10-20(11-9-19)26(32)27-15-18(2)30/h4-13,16,18,23,30,33H,14-15H2,1-3H3,(H,27,32)/t18-,23?/m0/s1. The first-order valence-electron chi connectivity index (χ1n) is 10.8. The second kappa shape index (κ2) is 10.7. The number of carbonyl (C=O) groups excluding carboxylic acids is 1. The number of amides is 1. The molecule has 0 fully saturated rings. The summed E-state index contributed by atoms with van der Waals surface area (Å²) in [6, 6.07) is 18.4. The lowest BCUT2D eigenvalue weighted by atomic mass is 9.83. The first-order chi connectivity index (χ1) is 15.8. The van der Waals surface area contributed by atoms with Crippen molar-refractivity contribution in [3.8, 4) is 0 Å². The summed E-state index contributed by atoms with van der Waals surface area (Å²) in [6.07, 6.45) is 1.43. The number of nitrogens with one attached hydrogen (secondary N) is 1. The minimum absolute atomic E-state index is 0.135. The third-order valence-electron chi connectivity index (χ3n) is 5.63. The van der Waals surface area contributed by atoms with Crippen LogP contribution in [-0.2, 0) is 7.05 Å². The highest BCUT2D eigenvalue weighted by atomic mass is 16.4. The molecular weight excluding hydrogens is 418 g/mol. The van der Waals surface area contributed by atoms with Crippen LogP contribution in [0, 0.1) is 6.92 Å². The van der Waals surface area contributed by atoms with Gasteiger partial charge in [0.25, 0.3) is 5.91 Å². The molecule has 3 rings (SSSR count). The number of rotatable bonds is 8. The van der Waals surface area contributed by atoms with Crippen LogP contribution in [0.15, 0.2) is 76.8 Å². The number of aliphatic hydroxyl groups excluding tert-OH is 1. The van der Waals surface area contributed by atoms with Gasteiger partial charge in [-0.05, 0) is 48.7 Å². The number of hydrogen-bond donors (Lipinski definition) is 3. The van der Waals surface area contributed by atoms with Gasteiger partial charge in [-0.2, -0.15) is 0 Å². The average Bonchev–Trinajstić information content (AvgIpc) is 2.81. The SMILES string of the molecule is Cc1ccccc1C(CC(=NO)c1ccc(=O)n(C)c1)c1ccc(C(=O)NC[C@H](C)O)cc1. The topological polar surface area (TPSA) is 104 Å². The molecule has 0 spiro atoms. The van der Waals surface area contributed by atoms with E-state index in [-0.39, 0.29) is 23.9 Å². The Morgan fingerprint density at radius 3 is 2.33 bits per heavy atom. The van der Waals surface area contributed by atoms with Gasteiger partial charge in [0.15, 0.2) is 0 Å². The Balaban J connectivity index is 1.95. The van der Waals surface area contributed by atoms with Crippen molar-refractivity contribution in [3.63, 3.8) is 0 Å². The van der Waals surface area contributed by atoms with Gasteiger partial charge in [0.05, 0.1) is 11.8 Å². The highest BCUT2D eigenvalue weighted by Crippen LogP contribution is 2.32. The van der Waals surface area contributed by atoms with Gasteiger partial charge in [0.1, 0.15) is 0 Å². The molecular formula is C26H29N3O4. The van der Waals surface area contributed by atoms with Gasteiger partial charge in [0.2, 0.25) is 5.56 Å². The lowest BCUT2D eigenvalue weighted by Gasteiger charge is -2.21. The highest BCUT2D eigenvalue weighted by Gasteiger charge is 2.21. The van der Waals surface area contributed by atoms with Crippen molar-refractivity contribution in [2.75, 3.05) is 6.54 Å². The molecule has 0 bridgehead atoms. The number of carbonyl (C=O) groups is 1. The summed E-state index contributed by atoms with van der Waals surface area (Å²) in [5.74, 6) is -0.387. The molecule has 3 N–H and O–H groups in total. The molecule has 0 aliphatic heterocycles. The molecule has 0 aliphatic rings. The molecule has 7 heteroatoms. The third kappa shape index (κ3) is 5.96. The summed E-state index contributed by atoms with van der Waals surface area (Å²) in [5, 5.41) is 25.4. The fourth-order valence-corrected chi connectivity index (χ4v) is 3.77. The Kier molecular flexibility index (Phi) is 7.79. The minimum Gasteiger partial charge on any atom is -0.411 e. The van der Waals surface area contributed by atoms with Crippen LogP contribution >= 0.6 is 0 Å². The van der Waals surface area contributed by atoms with Crippen LogP contribution < -0.4 is 10.9 Å². The molecule has 0 radical (unpaired) electrons. The first kappa shape index (κ1) is 23.9. The molecule has 2 atom stereocenters. The van der Waals surface area contributed by atoms with E-state index in [1.165, 1.54) is 10.6 Å². The van der Waals surface area contributed by atoms with E-state index < -0.39 is 6.10 Å². The molecule has 0 aliphatic carbocycles. The average molecular weight is 448 g/mol. The molecule has 1 unspecified atom stereocenters. The number of benzene rings is 2. The van der Waals surface area contributed by atoms with Crippen LogP contribution in [0.5, 0.6) is 0 Å². The molecule has 172 valence electrons. The lowest BCUT2D eigenvalue weighted by Crippen LogP contribution is -2.30. The minimum atomic E-state index is -0.618. The van der Waals surface area contributed by atoms with Gasteiger partial charge in [-0.15, -0.1) is 0 Å². The maximum absolute atomic E-state index is 12.3. The second-order valence-electron chi connectivity index (χ2n) is 8.21. The predicted octanol–water partition coefficient (Wildman–Crippen LogP) is 3.20. The maximum Gasteiger partial charge on any atom is 0.251 e. The van der Waals surface area contributed by atoms with Gasteiger partial charge in [-0.3, -0.25) is 9.59 Å². The predicted molar refractivity (Wildman–Crippen MR) is 128 cm³/mol. The quantitative estimate of drug-likeness (QED) is 0.280. The first-order valence-corrected chi connectivity index (χ1v) is 10.8. The van der Waals surface area contributed by atoms with Crippen molar-refractivity contribution in [2.24, 2.45) is 12.2 Å². The van der Waals surface area contributed by atoms with Gasteiger partial charge in [0, 0.05) is 49.3 Å². The van der Waals surface area contributed by atoms with Crippen molar-refractivity contribution >= 4 is 11.6 Å². The summed E-state index contributed by atoms with van der Waals surface area (Å²) in [6.45, 7) is 3.82. The second-order valence-corrected chi connectivity index (χ2v) is 8.21. The molecule has 0 saturated heterocycles. The van der Waals surface area contributed by atoms with Crippen LogP contribution in [0.4, 0.5) is 0 Å². The normalized spacial score (nSPS) is 13.4. The van der Waals surface area contributed by atoms with Gasteiger partial charge < -0.3 is 20.2 Å². The Morgan fingerprint density at radius 2 is 1.73 bits per heavy atom. The summed E-state index contributed by atoms with van der Waals surface area (Å²) in [7, 11) is 1.65. The molecule has 7 nitrogen and oxygen atoms in total. The number of aliphatic hydroxyl groups is 1. The van der Waals surface area contributed by atoms with Crippen molar-refractivity contribution in [2.45, 2.75) is 32.3 Å². The van der Waals surface area contributed by atoms with E-state index in [4.69, 9.17) is 0 Å². The summed E-state index contributed by atoms with van der Waals surface area (Å²) >= 11 is 0. The molecule has 0 saturated carbocycles. The number of aryl methyl sites for hydroxylation is 2. The Hall–Kier alpha value is -3.71. The molecule has 33 heavy (non-hydrogen) atoms. The summed E-state index contributed by atoms with van der Waals surface area (Å²) < 4.78 is 1.45. The molecule has 1 amide bonds. The van der Waals surface area contributed by atoms with Gasteiger partial charge in [-0.25, -0.2) is 0 Å². The van der Waals surface area contributed by atoms with Crippen molar-refractivity contribution in [1.82, 2.24) is 9.88 Å². The molecule has 3 aromatic rings. The lowest BCUT2D eigenvalue weighted by molar-refractivity contribution is 0.0924. The Morgan fingerprint density at radius 1 is 1.06 bits per heavy atom. The van der Waals surface area contributed by atoms with Crippen molar-refractivity contribution in [3.05, 3.63) is 105 Å². The highest BCUT2D eigenvalue weighted by molar-refractivity contribution is 6.00. The van der Waals surface area contributed by atoms with E-state index in [2.05, 4.69) is 10.5 Å². The van der Waals surface area contributed by atoms with Crippen molar-refractivity contribution in [1.29, 1.82) is 0 Å². The van der Waals surface area contributed by atoms with Crippen LogP contribution in [-0.4, -0.2) is 39.1 Å². The van der Waals surface area contributed by atoms with E-state index in [0.717, 1.165) is 16.7 Å². The van der Waals surface area contributed by atoms with E-state index in [9.17, 15) is 19.9 Å². The summed E-state index contributed by atoms with van der Waals surface area (Å²) in [5.41, 5.74) is 4.61. The third-order valence-corrected chi connectivity index (χ3v) is 5.63. The van der Waals surface area contributed by atoms with Crippen LogP contribution in [0.2, 0.25) is 0 Å².